The van der Waals surface area contributed by atoms with E-state index >= 15 is 0 Å². The highest BCUT2D eigenvalue weighted by atomic mass is 16.3. The molecule has 4 heteroatoms. The lowest BCUT2D eigenvalue weighted by molar-refractivity contribution is 0.0973. The highest BCUT2D eigenvalue weighted by molar-refractivity contribution is 6.28. The third-order valence-electron chi connectivity index (χ3n) is 2.78. The van der Waals surface area contributed by atoms with Crippen LogP contribution in [-0.4, -0.2) is 21.7 Å². The first-order valence-corrected chi connectivity index (χ1v) is 5.06. The van der Waals surface area contributed by atoms with Crippen LogP contribution in [0.5, 0.6) is 5.75 Å². The Labute approximate surface area is 96.5 Å². The quantitative estimate of drug-likeness (QED) is 0.630. The fraction of sp³-hybridized carbons (Fsp3) is 0. The van der Waals surface area contributed by atoms with E-state index in [2.05, 4.69) is 4.98 Å². The molecule has 1 aliphatic rings. The summed E-state index contributed by atoms with van der Waals surface area (Å²) in [6, 6.07) is 7.58. The highest BCUT2D eigenvalue weighted by Crippen LogP contribution is 2.31. The zero-order chi connectivity index (χ0) is 12.0. The van der Waals surface area contributed by atoms with Crippen molar-refractivity contribution >= 4 is 11.6 Å². The molecule has 0 unspecified atom stereocenters. The lowest BCUT2D eigenvalue weighted by Gasteiger charge is -2.16. The van der Waals surface area contributed by atoms with E-state index in [0.29, 0.717) is 0 Å². The van der Waals surface area contributed by atoms with Gasteiger partial charge in [-0.25, -0.2) is 0 Å². The van der Waals surface area contributed by atoms with Crippen molar-refractivity contribution in [1.29, 1.82) is 0 Å². The predicted octanol–water partition coefficient (Wildman–Crippen LogP) is 1.56. The van der Waals surface area contributed by atoms with Gasteiger partial charge in [0.1, 0.15) is 11.4 Å². The number of benzene rings is 1. The van der Waals surface area contributed by atoms with Gasteiger partial charge in [0.25, 0.3) is 0 Å². The van der Waals surface area contributed by atoms with Crippen LogP contribution >= 0.6 is 0 Å². The summed E-state index contributed by atoms with van der Waals surface area (Å²) in [6.45, 7) is 0. The van der Waals surface area contributed by atoms with Crippen molar-refractivity contribution in [2.75, 3.05) is 0 Å². The smallest absolute Gasteiger partial charge is 0.212 e. The number of fused-ring (bicyclic) bond motifs is 2. The maximum Gasteiger partial charge on any atom is 0.212 e. The van der Waals surface area contributed by atoms with E-state index in [1.54, 1.807) is 6.07 Å². The standard InChI is InChI=1S/C13H7NO3/c15-9-5-1-3-7-10(9)12(16)8-4-2-6-14-11(8)13(7)17/h1-6,15H. The van der Waals surface area contributed by atoms with Gasteiger partial charge < -0.3 is 5.11 Å². The van der Waals surface area contributed by atoms with Crippen molar-refractivity contribution in [3.63, 3.8) is 0 Å². The molecule has 1 N–H and O–H groups in total. The molecule has 0 saturated heterocycles. The van der Waals surface area contributed by atoms with Gasteiger partial charge in [0.05, 0.1) is 11.1 Å². The minimum absolute atomic E-state index is 0.0676. The van der Waals surface area contributed by atoms with Gasteiger partial charge in [-0.05, 0) is 24.3 Å². The van der Waals surface area contributed by atoms with E-state index < -0.39 is 0 Å². The second-order valence-electron chi connectivity index (χ2n) is 3.76. The minimum Gasteiger partial charge on any atom is -0.507 e. The van der Waals surface area contributed by atoms with Crippen molar-refractivity contribution in [3.8, 4) is 5.75 Å². The summed E-state index contributed by atoms with van der Waals surface area (Å²) < 4.78 is 0. The maximum atomic E-state index is 12.1. The Morgan fingerprint density at radius 3 is 2.53 bits per heavy atom. The Morgan fingerprint density at radius 2 is 1.71 bits per heavy atom. The number of ketones is 2. The number of aromatic nitrogens is 1. The number of hydrogen-bond donors (Lipinski definition) is 1. The highest BCUT2D eigenvalue weighted by Gasteiger charge is 2.32. The van der Waals surface area contributed by atoms with Gasteiger partial charge in [-0.15, -0.1) is 0 Å². The average molecular weight is 225 g/mol. The first-order chi connectivity index (χ1) is 8.20. The van der Waals surface area contributed by atoms with Crippen molar-refractivity contribution < 1.29 is 14.7 Å². The van der Waals surface area contributed by atoms with Crippen LogP contribution in [0.4, 0.5) is 0 Å². The molecule has 0 saturated carbocycles. The second-order valence-corrected chi connectivity index (χ2v) is 3.76. The molecule has 0 aliphatic heterocycles. The Balaban J connectivity index is 2.37. The van der Waals surface area contributed by atoms with E-state index in [4.69, 9.17) is 0 Å². The van der Waals surface area contributed by atoms with Crippen LogP contribution in [0.1, 0.15) is 32.0 Å². The SMILES string of the molecule is O=C1c2cccc(O)c2C(=O)c2cccnc21. The Kier molecular flexibility index (Phi) is 1.86. The Hall–Kier alpha value is -2.49. The fourth-order valence-electron chi connectivity index (χ4n) is 2.00. The zero-order valence-electron chi connectivity index (χ0n) is 8.68. The number of rotatable bonds is 0. The average Bonchev–Trinajstić information content (AvgIpc) is 2.36. The fourth-order valence-corrected chi connectivity index (χ4v) is 2.00. The molecule has 0 fully saturated rings. The molecule has 0 spiro atoms. The maximum absolute atomic E-state index is 12.1. The first kappa shape index (κ1) is 9.72. The molecule has 0 amide bonds. The Bertz CT molecular complexity index is 661. The summed E-state index contributed by atoms with van der Waals surface area (Å²) in [5.41, 5.74) is 0.668. The molecule has 1 aromatic carbocycles. The minimum atomic E-state index is -0.360. The van der Waals surface area contributed by atoms with Crippen LogP contribution in [0, 0.1) is 0 Å². The molecule has 17 heavy (non-hydrogen) atoms. The number of pyridine rings is 1. The molecule has 1 aromatic heterocycles. The number of aromatic hydroxyl groups is 1. The number of carbonyl (C=O) groups excluding carboxylic acids is 2. The molecule has 1 aliphatic carbocycles. The summed E-state index contributed by atoms with van der Waals surface area (Å²) in [5.74, 6) is -0.859. The summed E-state index contributed by atoms with van der Waals surface area (Å²) in [6.07, 6.45) is 1.47. The molecule has 82 valence electrons. The zero-order valence-corrected chi connectivity index (χ0v) is 8.68. The largest absolute Gasteiger partial charge is 0.507 e. The van der Waals surface area contributed by atoms with Crippen LogP contribution in [0.3, 0.4) is 0 Å². The predicted molar refractivity (Wildman–Crippen MR) is 59.2 cm³/mol. The number of hydrogen-bond acceptors (Lipinski definition) is 4. The van der Waals surface area contributed by atoms with E-state index in [-0.39, 0.29) is 39.7 Å². The monoisotopic (exact) mass is 225 g/mol. The molecule has 3 rings (SSSR count). The van der Waals surface area contributed by atoms with E-state index in [9.17, 15) is 14.7 Å². The van der Waals surface area contributed by atoms with Crippen molar-refractivity contribution in [2.45, 2.75) is 0 Å². The van der Waals surface area contributed by atoms with Crippen LogP contribution in [0.2, 0.25) is 0 Å². The molecular weight excluding hydrogens is 218 g/mol. The van der Waals surface area contributed by atoms with E-state index in [1.165, 1.54) is 30.5 Å². The number of phenolic OH excluding ortho intramolecular Hbond substituents is 1. The van der Waals surface area contributed by atoms with Crippen LogP contribution in [0.15, 0.2) is 36.5 Å². The molecule has 4 nitrogen and oxygen atoms in total. The van der Waals surface area contributed by atoms with Crippen molar-refractivity contribution in [2.24, 2.45) is 0 Å². The summed E-state index contributed by atoms with van der Waals surface area (Å²) >= 11 is 0. The third-order valence-corrected chi connectivity index (χ3v) is 2.78. The van der Waals surface area contributed by atoms with E-state index in [1.807, 2.05) is 0 Å². The van der Waals surface area contributed by atoms with Crippen molar-refractivity contribution in [1.82, 2.24) is 4.98 Å². The van der Waals surface area contributed by atoms with Gasteiger partial charge >= 0.3 is 0 Å². The summed E-state index contributed by atoms with van der Waals surface area (Å²) in [5, 5.41) is 9.68. The van der Waals surface area contributed by atoms with Crippen LogP contribution < -0.4 is 0 Å². The molecule has 2 aromatic rings. The van der Waals surface area contributed by atoms with Gasteiger partial charge in [-0.2, -0.15) is 0 Å². The normalized spacial score (nSPS) is 13.2. The topological polar surface area (TPSA) is 67.3 Å². The van der Waals surface area contributed by atoms with Crippen LogP contribution in [-0.2, 0) is 0 Å². The van der Waals surface area contributed by atoms with E-state index in [0.717, 1.165) is 0 Å². The number of phenols is 1. The number of carbonyl (C=O) groups is 2. The van der Waals surface area contributed by atoms with Gasteiger partial charge in [0.15, 0.2) is 5.78 Å². The lowest BCUT2D eigenvalue weighted by Crippen LogP contribution is -2.22. The van der Waals surface area contributed by atoms with Gasteiger partial charge in [-0.1, -0.05) is 6.07 Å². The molecule has 1 heterocycles. The molecular formula is C13H7NO3. The first-order valence-electron chi connectivity index (χ1n) is 5.06. The second kappa shape index (κ2) is 3.25. The summed E-state index contributed by atoms with van der Waals surface area (Å²) in [7, 11) is 0. The lowest BCUT2D eigenvalue weighted by atomic mass is 9.86. The van der Waals surface area contributed by atoms with Gasteiger partial charge in [0, 0.05) is 11.8 Å². The molecule has 0 radical (unpaired) electrons. The van der Waals surface area contributed by atoms with Gasteiger partial charge in [-0.3, -0.25) is 14.6 Å². The molecule has 0 bridgehead atoms. The van der Waals surface area contributed by atoms with Gasteiger partial charge in [0.2, 0.25) is 5.78 Å². The number of nitrogens with zero attached hydrogens (tertiary/aromatic N) is 1. The molecule has 0 atom stereocenters. The van der Waals surface area contributed by atoms with Crippen molar-refractivity contribution in [3.05, 3.63) is 58.9 Å². The summed E-state index contributed by atoms with van der Waals surface area (Å²) in [4.78, 5) is 28.1. The van der Waals surface area contributed by atoms with Crippen LogP contribution in [0.25, 0.3) is 0 Å². The third kappa shape index (κ3) is 1.21. The Morgan fingerprint density at radius 1 is 0.941 bits per heavy atom.